The fourth-order valence-electron chi connectivity index (χ4n) is 5.80. The second kappa shape index (κ2) is 10.1. The molecule has 7 nitrogen and oxygen atoms in total. The molecule has 2 heterocycles. The van der Waals surface area contributed by atoms with Gasteiger partial charge in [0.25, 0.3) is 5.91 Å². The number of piperazine rings is 1. The van der Waals surface area contributed by atoms with E-state index in [0.717, 1.165) is 37.9 Å². The fourth-order valence-corrected chi connectivity index (χ4v) is 5.80. The molecular weight excluding hydrogens is 461 g/mol. The van der Waals surface area contributed by atoms with Crippen LogP contribution in [0.2, 0.25) is 0 Å². The number of carbonyl (C=O) groups is 2. The number of nitrogens with zero attached hydrogens (tertiary/aromatic N) is 3. The molecule has 36 heavy (non-hydrogen) atoms. The average Bonchev–Trinajstić information content (AvgIpc) is 3.61. The van der Waals surface area contributed by atoms with E-state index in [-0.39, 0.29) is 29.0 Å². The minimum absolute atomic E-state index is 0.0104. The number of likely N-dealkylation sites (tertiary alicyclic amines) is 1. The van der Waals surface area contributed by atoms with Crippen molar-refractivity contribution in [3.8, 4) is 11.5 Å². The van der Waals surface area contributed by atoms with Crippen molar-refractivity contribution in [2.45, 2.75) is 25.8 Å². The molecule has 2 aromatic carbocycles. The highest BCUT2D eigenvalue weighted by atomic mass is 19.1. The fraction of sp³-hybridized carbons (Fsp3) is 0.500. The maximum absolute atomic E-state index is 13.5. The van der Waals surface area contributed by atoms with Gasteiger partial charge >= 0.3 is 0 Å². The molecule has 2 aliphatic heterocycles. The first-order chi connectivity index (χ1) is 17.4. The van der Waals surface area contributed by atoms with Gasteiger partial charge in [0.05, 0.1) is 14.2 Å². The van der Waals surface area contributed by atoms with Crippen molar-refractivity contribution in [3.05, 3.63) is 59.4 Å². The van der Waals surface area contributed by atoms with E-state index < -0.39 is 0 Å². The molecule has 3 fully saturated rings. The molecule has 1 aliphatic carbocycles. The Hall–Kier alpha value is -3.13. The number of amides is 2. The number of piperidine rings is 1. The van der Waals surface area contributed by atoms with Crippen molar-refractivity contribution in [1.82, 2.24) is 14.7 Å². The summed E-state index contributed by atoms with van der Waals surface area (Å²) in [6, 6.07) is 12.0. The summed E-state index contributed by atoms with van der Waals surface area (Å²) in [5.41, 5.74) is 1.60. The van der Waals surface area contributed by atoms with E-state index >= 15 is 0 Å². The molecule has 0 radical (unpaired) electrons. The highest BCUT2D eigenvalue weighted by Gasteiger charge is 2.59. The third kappa shape index (κ3) is 4.91. The van der Waals surface area contributed by atoms with Crippen molar-refractivity contribution in [3.63, 3.8) is 0 Å². The van der Waals surface area contributed by atoms with Crippen molar-refractivity contribution < 1.29 is 23.5 Å². The second-order valence-electron chi connectivity index (χ2n) is 10.2. The van der Waals surface area contributed by atoms with Crippen LogP contribution in [0.4, 0.5) is 4.39 Å². The summed E-state index contributed by atoms with van der Waals surface area (Å²) in [5.74, 6) is 1.26. The van der Waals surface area contributed by atoms with Gasteiger partial charge in [-0.3, -0.25) is 14.5 Å². The van der Waals surface area contributed by atoms with Crippen LogP contribution in [0, 0.1) is 17.2 Å². The number of halogens is 1. The zero-order valence-electron chi connectivity index (χ0n) is 21.0. The standard InChI is InChI=1S/C28H34FN3O4/c1-35-24-7-6-21(17-25(24)36-2)26(33)31-10-8-28(9-11-31)18-23(28)27(34)32-14-12-30(13-15-32)19-20-4-3-5-22(29)16-20/h3-7,16-17,23H,8-15,18-19H2,1-2H3. The molecule has 192 valence electrons. The molecule has 8 heteroatoms. The molecular formula is C28H34FN3O4. The summed E-state index contributed by atoms with van der Waals surface area (Å²) in [5, 5.41) is 0. The Bertz CT molecular complexity index is 1120. The average molecular weight is 496 g/mol. The molecule has 0 aromatic heterocycles. The van der Waals surface area contributed by atoms with Gasteiger partial charge in [-0.1, -0.05) is 12.1 Å². The van der Waals surface area contributed by atoms with Crippen LogP contribution in [-0.4, -0.2) is 80.0 Å². The quantitative estimate of drug-likeness (QED) is 0.615. The third-order valence-electron chi connectivity index (χ3n) is 8.14. The highest BCUT2D eigenvalue weighted by molar-refractivity contribution is 5.95. The van der Waals surface area contributed by atoms with Crippen molar-refractivity contribution in [1.29, 1.82) is 0 Å². The normalized spacial score (nSPS) is 21.4. The summed E-state index contributed by atoms with van der Waals surface area (Å²) in [7, 11) is 3.13. The minimum atomic E-state index is -0.211. The predicted octanol–water partition coefficient (Wildman–Crippen LogP) is 3.43. The summed E-state index contributed by atoms with van der Waals surface area (Å²) in [6.45, 7) is 5.06. The van der Waals surface area contributed by atoms with Crippen LogP contribution < -0.4 is 9.47 Å². The van der Waals surface area contributed by atoms with Gasteiger partial charge in [-0.15, -0.1) is 0 Å². The lowest BCUT2D eigenvalue weighted by atomic mass is 9.90. The number of rotatable bonds is 6. The van der Waals surface area contributed by atoms with E-state index in [1.54, 1.807) is 44.6 Å². The van der Waals surface area contributed by atoms with E-state index in [9.17, 15) is 14.0 Å². The Morgan fingerprint density at radius 2 is 1.64 bits per heavy atom. The number of ether oxygens (including phenoxy) is 2. The van der Waals surface area contributed by atoms with Crippen LogP contribution in [-0.2, 0) is 11.3 Å². The predicted molar refractivity (Wildman–Crippen MR) is 133 cm³/mol. The number of benzene rings is 2. The molecule has 1 atom stereocenters. The Morgan fingerprint density at radius 3 is 2.31 bits per heavy atom. The Morgan fingerprint density at radius 1 is 0.917 bits per heavy atom. The molecule has 5 rings (SSSR count). The lowest BCUT2D eigenvalue weighted by molar-refractivity contribution is -0.135. The number of methoxy groups -OCH3 is 2. The van der Waals surface area contributed by atoms with Crippen molar-refractivity contribution in [2.24, 2.45) is 11.3 Å². The van der Waals surface area contributed by atoms with E-state index in [0.29, 0.717) is 49.8 Å². The molecule has 1 unspecified atom stereocenters. The van der Waals surface area contributed by atoms with Crippen LogP contribution in [0.15, 0.2) is 42.5 Å². The molecule has 2 saturated heterocycles. The molecule has 2 amide bonds. The number of hydrogen-bond donors (Lipinski definition) is 0. The van der Waals surface area contributed by atoms with Gasteiger partial charge in [0.2, 0.25) is 5.91 Å². The summed E-state index contributed by atoms with van der Waals surface area (Å²) in [6.07, 6.45) is 2.65. The SMILES string of the molecule is COc1ccc(C(=O)N2CCC3(CC2)CC3C(=O)N2CCN(Cc3cccc(F)c3)CC2)cc1OC. The van der Waals surface area contributed by atoms with Gasteiger partial charge in [0.1, 0.15) is 5.82 Å². The maximum Gasteiger partial charge on any atom is 0.253 e. The lowest BCUT2D eigenvalue weighted by Crippen LogP contribution is -2.49. The van der Waals surface area contributed by atoms with Gasteiger partial charge in [0.15, 0.2) is 11.5 Å². The van der Waals surface area contributed by atoms with Crippen LogP contribution in [0.3, 0.4) is 0 Å². The van der Waals surface area contributed by atoms with E-state index in [2.05, 4.69) is 4.90 Å². The highest BCUT2D eigenvalue weighted by Crippen LogP contribution is 2.60. The maximum atomic E-state index is 13.5. The second-order valence-corrected chi connectivity index (χ2v) is 10.2. The van der Waals surface area contributed by atoms with Crippen molar-refractivity contribution in [2.75, 3.05) is 53.5 Å². The summed E-state index contributed by atoms with van der Waals surface area (Å²) in [4.78, 5) is 32.5. The zero-order chi connectivity index (χ0) is 25.3. The topological polar surface area (TPSA) is 62.3 Å². The monoisotopic (exact) mass is 495 g/mol. The Labute approximate surface area is 211 Å². The van der Waals surface area contributed by atoms with E-state index in [1.807, 2.05) is 15.9 Å². The van der Waals surface area contributed by atoms with Gasteiger partial charge in [-0.2, -0.15) is 0 Å². The third-order valence-corrected chi connectivity index (χ3v) is 8.14. The zero-order valence-corrected chi connectivity index (χ0v) is 21.0. The summed E-state index contributed by atoms with van der Waals surface area (Å²) >= 11 is 0. The van der Waals surface area contributed by atoms with Gasteiger partial charge in [-0.25, -0.2) is 4.39 Å². The number of hydrogen-bond acceptors (Lipinski definition) is 5. The first-order valence-electron chi connectivity index (χ1n) is 12.7. The van der Waals surface area contributed by atoms with Gasteiger partial charge in [-0.05, 0) is 60.6 Å². The van der Waals surface area contributed by atoms with Crippen LogP contribution in [0.5, 0.6) is 11.5 Å². The minimum Gasteiger partial charge on any atom is -0.493 e. The van der Waals surface area contributed by atoms with Crippen LogP contribution in [0.1, 0.15) is 35.2 Å². The Balaban J connectivity index is 1.11. The molecule has 0 N–H and O–H groups in total. The van der Waals surface area contributed by atoms with Crippen LogP contribution in [0.25, 0.3) is 0 Å². The van der Waals surface area contributed by atoms with Gasteiger partial charge in [0, 0.05) is 57.3 Å². The molecule has 2 aromatic rings. The molecule has 3 aliphatic rings. The smallest absolute Gasteiger partial charge is 0.253 e. The van der Waals surface area contributed by atoms with E-state index in [1.165, 1.54) is 6.07 Å². The van der Waals surface area contributed by atoms with Gasteiger partial charge < -0.3 is 19.3 Å². The first kappa shape index (κ1) is 24.6. The van der Waals surface area contributed by atoms with Crippen molar-refractivity contribution >= 4 is 11.8 Å². The Kier molecular flexibility index (Phi) is 6.88. The largest absolute Gasteiger partial charge is 0.493 e. The van der Waals surface area contributed by atoms with E-state index in [4.69, 9.17) is 9.47 Å². The lowest BCUT2D eigenvalue weighted by Gasteiger charge is -2.36. The molecule has 1 spiro atoms. The van der Waals surface area contributed by atoms with Crippen LogP contribution >= 0.6 is 0 Å². The molecule has 1 saturated carbocycles. The number of carbonyl (C=O) groups excluding carboxylic acids is 2. The molecule has 0 bridgehead atoms. The summed E-state index contributed by atoms with van der Waals surface area (Å²) < 4.78 is 24.1. The first-order valence-corrected chi connectivity index (χ1v) is 12.7.